The fourth-order valence-electron chi connectivity index (χ4n) is 1.35. The SMILES string of the molecule is C[Si](C)(C)OC(c1ccc(F)c(Br)c1)C(F)(F)F. The number of rotatable bonds is 3. The Kier molecular flexibility index (Phi) is 4.61. The van der Waals surface area contributed by atoms with E-state index in [-0.39, 0.29) is 10.0 Å². The third-order valence-corrected chi connectivity index (χ3v) is 3.57. The molecule has 0 aromatic heterocycles. The van der Waals surface area contributed by atoms with E-state index in [0.717, 1.165) is 18.2 Å². The fraction of sp³-hybridized carbons (Fsp3) is 0.455. The molecule has 0 saturated heterocycles. The number of halogens is 5. The van der Waals surface area contributed by atoms with Gasteiger partial charge in [0, 0.05) is 0 Å². The van der Waals surface area contributed by atoms with Crippen LogP contribution in [-0.2, 0) is 4.43 Å². The molecule has 0 N–H and O–H groups in total. The maximum Gasteiger partial charge on any atom is 0.417 e. The van der Waals surface area contributed by atoms with Gasteiger partial charge in [-0.1, -0.05) is 6.07 Å². The average Bonchev–Trinajstić information content (AvgIpc) is 2.16. The molecule has 1 nitrogen and oxygen atoms in total. The van der Waals surface area contributed by atoms with Crippen LogP contribution in [0.5, 0.6) is 0 Å². The fourth-order valence-corrected chi connectivity index (χ4v) is 2.73. The van der Waals surface area contributed by atoms with Gasteiger partial charge in [-0.3, -0.25) is 0 Å². The highest BCUT2D eigenvalue weighted by Crippen LogP contribution is 2.38. The predicted octanol–water partition coefficient (Wildman–Crippen LogP) is 5.04. The highest BCUT2D eigenvalue weighted by Gasteiger charge is 2.44. The van der Waals surface area contributed by atoms with Crippen LogP contribution in [0.25, 0.3) is 0 Å². The minimum atomic E-state index is -4.52. The van der Waals surface area contributed by atoms with Gasteiger partial charge in [0.2, 0.25) is 0 Å². The second-order valence-electron chi connectivity index (χ2n) is 4.83. The lowest BCUT2D eigenvalue weighted by atomic mass is 10.1. The van der Waals surface area contributed by atoms with Crippen LogP contribution in [-0.4, -0.2) is 14.5 Å². The van der Waals surface area contributed by atoms with E-state index in [0.29, 0.717) is 0 Å². The summed E-state index contributed by atoms with van der Waals surface area (Å²) in [6.07, 6.45) is -6.53. The summed E-state index contributed by atoms with van der Waals surface area (Å²) in [5, 5.41) is 0. The molecule has 102 valence electrons. The maximum absolute atomic E-state index is 13.0. The Bertz CT molecular complexity index is 428. The molecule has 1 atom stereocenters. The second kappa shape index (κ2) is 5.30. The van der Waals surface area contributed by atoms with Crippen LogP contribution in [0.4, 0.5) is 17.6 Å². The van der Waals surface area contributed by atoms with E-state index in [4.69, 9.17) is 4.43 Å². The molecule has 0 amide bonds. The van der Waals surface area contributed by atoms with Gasteiger partial charge in [-0.25, -0.2) is 4.39 Å². The molecular formula is C11H13BrF4OSi. The summed E-state index contributed by atoms with van der Waals surface area (Å²) < 4.78 is 57.1. The van der Waals surface area contributed by atoms with E-state index in [1.165, 1.54) is 0 Å². The lowest BCUT2D eigenvalue weighted by molar-refractivity contribution is -0.200. The molecule has 1 rings (SSSR count). The van der Waals surface area contributed by atoms with Crippen molar-refractivity contribution in [2.24, 2.45) is 0 Å². The summed E-state index contributed by atoms with van der Waals surface area (Å²) in [6.45, 7) is 5.01. The first-order valence-electron chi connectivity index (χ1n) is 5.20. The molecule has 0 radical (unpaired) electrons. The summed E-state index contributed by atoms with van der Waals surface area (Å²) in [5.41, 5.74) is -0.0989. The Morgan fingerprint density at radius 3 is 2.17 bits per heavy atom. The number of benzene rings is 1. The smallest absolute Gasteiger partial charge is 0.403 e. The van der Waals surface area contributed by atoms with Gasteiger partial charge in [0.15, 0.2) is 14.4 Å². The van der Waals surface area contributed by atoms with Crippen LogP contribution in [0.3, 0.4) is 0 Å². The highest BCUT2D eigenvalue weighted by molar-refractivity contribution is 9.10. The van der Waals surface area contributed by atoms with E-state index in [9.17, 15) is 17.6 Å². The first-order chi connectivity index (χ1) is 8.00. The van der Waals surface area contributed by atoms with E-state index >= 15 is 0 Å². The zero-order chi connectivity index (χ0) is 14.1. The molecular weight excluding hydrogens is 332 g/mol. The summed E-state index contributed by atoms with van der Waals surface area (Å²) in [6, 6.07) is 3.19. The first kappa shape index (κ1) is 15.7. The van der Waals surface area contributed by atoms with Crippen LogP contribution < -0.4 is 0 Å². The predicted molar refractivity (Wildman–Crippen MR) is 67.3 cm³/mol. The molecule has 7 heteroatoms. The molecule has 0 aliphatic rings. The second-order valence-corrected chi connectivity index (χ2v) is 10.1. The molecule has 0 spiro atoms. The summed E-state index contributed by atoms with van der Waals surface area (Å²) in [5.74, 6) is -0.604. The van der Waals surface area contributed by atoms with Crippen LogP contribution >= 0.6 is 15.9 Å². The molecule has 1 unspecified atom stereocenters. The van der Waals surface area contributed by atoms with Gasteiger partial charge in [-0.2, -0.15) is 13.2 Å². The Morgan fingerprint density at radius 2 is 1.78 bits per heavy atom. The van der Waals surface area contributed by atoms with Gasteiger partial charge in [0.05, 0.1) is 4.47 Å². The monoisotopic (exact) mass is 344 g/mol. The lowest BCUT2D eigenvalue weighted by Crippen LogP contribution is -2.35. The van der Waals surface area contributed by atoms with E-state index in [1.807, 2.05) is 0 Å². The zero-order valence-corrected chi connectivity index (χ0v) is 12.7. The third-order valence-electron chi connectivity index (χ3n) is 2.02. The highest BCUT2D eigenvalue weighted by atomic mass is 79.9. The summed E-state index contributed by atoms with van der Waals surface area (Å²) in [7, 11) is -2.37. The molecule has 0 bridgehead atoms. The average molecular weight is 345 g/mol. The van der Waals surface area contributed by atoms with Crippen molar-refractivity contribution < 1.29 is 22.0 Å². The molecule has 1 aromatic rings. The van der Waals surface area contributed by atoms with Crippen molar-refractivity contribution in [1.82, 2.24) is 0 Å². The topological polar surface area (TPSA) is 9.23 Å². The Hall–Kier alpha value is -0.403. The standard InChI is InChI=1S/C11H13BrF4OSi/c1-18(2,3)17-10(11(14,15)16)7-4-5-9(13)8(12)6-7/h4-6,10H,1-3H3. The molecule has 0 fully saturated rings. The lowest BCUT2D eigenvalue weighted by Gasteiger charge is -2.28. The van der Waals surface area contributed by atoms with Crippen molar-refractivity contribution in [3.8, 4) is 0 Å². The Labute approximate surface area is 112 Å². The van der Waals surface area contributed by atoms with Crippen LogP contribution in [0.15, 0.2) is 22.7 Å². The van der Waals surface area contributed by atoms with Gasteiger partial charge >= 0.3 is 6.18 Å². The minimum absolute atomic E-state index is 0.00609. The summed E-state index contributed by atoms with van der Waals surface area (Å²) in [4.78, 5) is 0. The number of alkyl halides is 3. The van der Waals surface area contributed by atoms with Crippen LogP contribution in [0.2, 0.25) is 19.6 Å². The van der Waals surface area contributed by atoms with Crippen molar-refractivity contribution in [2.75, 3.05) is 0 Å². The Morgan fingerprint density at radius 1 is 1.22 bits per heavy atom. The van der Waals surface area contributed by atoms with E-state index in [2.05, 4.69) is 15.9 Å². The molecule has 0 aliphatic carbocycles. The molecule has 0 heterocycles. The van der Waals surface area contributed by atoms with Gasteiger partial charge in [0.25, 0.3) is 0 Å². The maximum atomic E-state index is 13.0. The van der Waals surface area contributed by atoms with Crippen molar-refractivity contribution in [3.05, 3.63) is 34.1 Å². The Balaban J connectivity index is 3.14. The van der Waals surface area contributed by atoms with Gasteiger partial charge in [-0.05, 0) is 53.3 Å². The van der Waals surface area contributed by atoms with E-state index < -0.39 is 26.4 Å². The van der Waals surface area contributed by atoms with Crippen molar-refractivity contribution in [2.45, 2.75) is 31.9 Å². The van der Waals surface area contributed by atoms with Crippen LogP contribution in [0.1, 0.15) is 11.7 Å². The van der Waals surface area contributed by atoms with Gasteiger partial charge in [-0.15, -0.1) is 0 Å². The van der Waals surface area contributed by atoms with Crippen molar-refractivity contribution in [3.63, 3.8) is 0 Å². The zero-order valence-electron chi connectivity index (χ0n) is 10.1. The van der Waals surface area contributed by atoms with Crippen LogP contribution in [0, 0.1) is 5.82 Å². The quantitative estimate of drug-likeness (QED) is 0.551. The summed E-state index contributed by atoms with van der Waals surface area (Å²) >= 11 is 2.87. The minimum Gasteiger partial charge on any atom is -0.403 e. The number of hydrogen-bond donors (Lipinski definition) is 0. The van der Waals surface area contributed by atoms with Crippen molar-refractivity contribution >= 4 is 24.2 Å². The normalized spacial score (nSPS) is 14.7. The van der Waals surface area contributed by atoms with Crippen molar-refractivity contribution in [1.29, 1.82) is 0 Å². The molecule has 1 aromatic carbocycles. The molecule has 0 saturated carbocycles. The largest absolute Gasteiger partial charge is 0.417 e. The first-order valence-corrected chi connectivity index (χ1v) is 9.40. The number of hydrogen-bond acceptors (Lipinski definition) is 1. The van der Waals surface area contributed by atoms with Gasteiger partial charge in [0.1, 0.15) is 5.82 Å². The van der Waals surface area contributed by atoms with Gasteiger partial charge < -0.3 is 4.43 Å². The molecule has 0 aliphatic heterocycles. The third kappa shape index (κ3) is 4.36. The van der Waals surface area contributed by atoms with E-state index in [1.54, 1.807) is 19.6 Å². The molecule has 18 heavy (non-hydrogen) atoms.